The van der Waals surface area contributed by atoms with Crippen molar-refractivity contribution in [1.82, 2.24) is 4.98 Å². The smallest absolute Gasteiger partial charge is 0.123 e. The molecule has 2 heteroatoms. The third-order valence-electron chi connectivity index (χ3n) is 2.66. The number of nitrogens with zero attached hydrogens (tertiary/aromatic N) is 1. The lowest BCUT2D eigenvalue weighted by atomic mass is 10.0. The molecule has 0 bridgehead atoms. The highest BCUT2D eigenvalue weighted by molar-refractivity contribution is 6.06. The Morgan fingerprint density at radius 2 is 1.94 bits per heavy atom. The molecule has 0 aliphatic carbocycles. The largest absolute Gasteiger partial charge is 0.252 e. The van der Waals surface area contributed by atoms with E-state index in [0.29, 0.717) is 16.3 Å². The Balaban J connectivity index is 2.55. The van der Waals surface area contributed by atoms with Crippen molar-refractivity contribution in [3.8, 4) is 0 Å². The van der Waals surface area contributed by atoms with Crippen LogP contribution in [0.2, 0.25) is 0 Å². The molecule has 0 spiro atoms. The van der Waals surface area contributed by atoms with Crippen LogP contribution in [0, 0.1) is 12.7 Å². The van der Waals surface area contributed by atoms with Crippen molar-refractivity contribution in [2.24, 2.45) is 0 Å². The van der Waals surface area contributed by atoms with E-state index >= 15 is 0 Å². The van der Waals surface area contributed by atoms with E-state index in [-0.39, 0.29) is 5.69 Å². The van der Waals surface area contributed by atoms with Gasteiger partial charge in [-0.1, -0.05) is 24.3 Å². The summed E-state index contributed by atoms with van der Waals surface area (Å²) in [5.41, 5.74) is 0.549. The van der Waals surface area contributed by atoms with Crippen molar-refractivity contribution in [2.45, 2.75) is 6.85 Å². The van der Waals surface area contributed by atoms with Crippen LogP contribution in [0.25, 0.3) is 21.7 Å². The van der Waals surface area contributed by atoms with Crippen molar-refractivity contribution in [1.29, 1.82) is 0 Å². The fourth-order valence-electron chi connectivity index (χ4n) is 1.93. The van der Waals surface area contributed by atoms with Crippen LogP contribution >= 0.6 is 0 Å². The van der Waals surface area contributed by atoms with Gasteiger partial charge in [-0.15, -0.1) is 0 Å². The van der Waals surface area contributed by atoms with Gasteiger partial charge in [0, 0.05) is 20.6 Å². The maximum absolute atomic E-state index is 13.4. The molecule has 1 heterocycles. The third-order valence-corrected chi connectivity index (χ3v) is 2.66. The van der Waals surface area contributed by atoms with Crippen molar-refractivity contribution < 1.29 is 8.50 Å². The molecule has 16 heavy (non-hydrogen) atoms. The van der Waals surface area contributed by atoms with E-state index in [0.717, 1.165) is 5.39 Å². The van der Waals surface area contributed by atoms with E-state index in [4.69, 9.17) is 4.11 Å². The zero-order valence-corrected chi connectivity index (χ0v) is 8.37. The molecule has 0 saturated carbocycles. The first kappa shape index (κ1) is 6.59. The van der Waals surface area contributed by atoms with Gasteiger partial charge in [-0.2, -0.15) is 0 Å². The lowest BCUT2D eigenvalue weighted by molar-refractivity contribution is 0.629. The molecule has 3 rings (SSSR count). The summed E-state index contributed by atoms with van der Waals surface area (Å²) in [6.07, 6.45) is 0. The number of fused-ring (bicyclic) bond motifs is 3. The average Bonchev–Trinajstić information content (AvgIpc) is 2.36. The van der Waals surface area contributed by atoms with Gasteiger partial charge >= 0.3 is 0 Å². The number of hydrogen-bond acceptors (Lipinski definition) is 1. The summed E-state index contributed by atoms with van der Waals surface area (Å²) in [6.45, 7) is -2.37. The minimum absolute atomic E-state index is 0.0549. The molecule has 0 atom stereocenters. The number of aromatic nitrogens is 1. The number of aryl methyl sites for hydroxylation is 1. The van der Waals surface area contributed by atoms with Gasteiger partial charge in [0.15, 0.2) is 0 Å². The summed E-state index contributed by atoms with van der Waals surface area (Å²) in [4.78, 5) is 4.19. The van der Waals surface area contributed by atoms with Gasteiger partial charge in [0.2, 0.25) is 0 Å². The zero-order valence-electron chi connectivity index (χ0n) is 11.4. The fraction of sp³-hybridized carbons (Fsp3) is 0.0714. The van der Waals surface area contributed by atoms with Gasteiger partial charge in [-0.3, -0.25) is 4.98 Å². The van der Waals surface area contributed by atoms with Gasteiger partial charge in [-0.05, 0) is 30.4 Å². The number of para-hydroxylation sites is 1. The van der Waals surface area contributed by atoms with Gasteiger partial charge in [0.05, 0.1) is 5.52 Å². The van der Waals surface area contributed by atoms with Crippen LogP contribution in [-0.4, -0.2) is 4.98 Å². The van der Waals surface area contributed by atoms with Gasteiger partial charge in [0.25, 0.3) is 0 Å². The Hall–Kier alpha value is -1.96. The second kappa shape index (κ2) is 3.27. The second-order valence-electron chi connectivity index (χ2n) is 3.67. The van der Waals surface area contributed by atoms with E-state index in [9.17, 15) is 4.39 Å². The first-order chi connectivity index (χ1) is 8.97. The van der Waals surface area contributed by atoms with E-state index in [1.54, 1.807) is 18.2 Å². The first-order valence-electron chi connectivity index (χ1n) is 6.45. The maximum atomic E-state index is 13.4. The topological polar surface area (TPSA) is 12.9 Å². The van der Waals surface area contributed by atoms with E-state index < -0.39 is 12.7 Å². The Kier molecular flexibility index (Phi) is 1.35. The van der Waals surface area contributed by atoms with Crippen LogP contribution in [-0.2, 0) is 0 Å². The van der Waals surface area contributed by atoms with Gasteiger partial charge in [0.1, 0.15) is 5.82 Å². The van der Waals surface area contributed by atoms with Gasteiger partial charge < -0.3 is 0 Å². The van der Waals surface area contributed by atoms with E-state index in [1.165, 1.54) is 12.1 Å². The summed E-state index contributed by atoms with van der Waals surface area (Å²) in [6, 6.07) is 11.4. The average molecular weight is 214 g/mol. The molecule has 3 aromatic rings. The maximum Gasteiger partial charge on any atom is 0.123 e. The molecule has 0 saturated heterocycles. The standard InChI is InChI=1S/C14H10FN/c1-9-13-8-10(15)6-7-11(13)12-4-2-3-5-14(12)16-9/h2-8H,1H3/i1D3. The normalized spacial score (nSPS) is 14.7. The molecule has 0 radical (unpaired) electrons. The molecule has 1 nitrogen and oxygen atoms in total. The summed E-state index contributed by atoms with van der Waals surface area (Å²) >= 11 is 0. The van der Waals surface area contributed by atoms with Crippen LogP contribution < -0.4 is 0 Å². The fourth-order valence-corrected chi connectivity index (χ4v) is 1.93. The summed E-state index contributed by atoms with van der Waals surface area (Å²) in [5, 5.41) is 1.88. The number of halogens is 1. The predicted octanol–water partition coefficient (Wildman–Crippen LogP) is 3.84. The molecular formula is C14H10FN. The summed E-state index contributed by atoms with van der Waals surface area (Å²) in [5.74, 6) is -0.463. The summed E-state index contributed by atoms with van der Waals surface area (Å²) in [7, 11) is 0. The molecule has 0 fully saturated rings. The van der Waals surface area contributed by atoms with Crippen molar-refractivity contribution >= 4 is 21.7 Å². The third kappa shape index (κ3) is 1.27. The first-order valence-corrected chi connectivity index (χ1v) is 4.95. The lowest BCUT2D eigenvalue weighted by Gasteiger charge is -2.06. The van der Waals surface area contributed by atoms with Crippen molar-refractivity contribution in [2.75, 3.05) is 0 Å². The quantitative estimate of drug-likeness (QED) is 0.518. The van der Waals surface area contributed by atoms with Crippen molar-refractivity contribution in [3.05, 3.63) is 54.0 Å². The molecule has 0 unspecified atom stereocenters. The number of pyridine rings is 1. The Bertz CT molecular complexity index is 781. The molecule has 0 aliphatic rings. The Morgan fingerprint density at radius 3 is 2.81 bits per heavy atom. The molecule has 0 N–H and O–H groups in total. The molecule has 2 aromatic carbocycles. The lowest BCUT2D eigenvalue weighted by Crippen LogP contribution is -1.88. The van der Waals surface area contributed by atoms with Crippen LogP contribution in [0.3, 0.4) is 0 Å². The number of benzene rings is 2. The molecular weight excluding hydrogens is 201 g/mol. The zero-order chi connectivity index (χ0) is 13.6. The summed E-state index contributed by atoms with van der Waals surface area (Å²) < 4.78 is 36.0. The molecule has 0 amide bonds. The minimum Gasteiger partial charge on any atom is -0.252 e. The highest BCUT2D eigenvalue weighted by atomic mass is 19.1. The number of rotatable bonds is 0. The second-order valence-corrected chi connectivity index (χ2v) is 3.67. The SMILES string of the molecule is [2H]C([2H])([2H])c1nc2ccccc2c2ccc(F)cc12. The highest BCUT2D eigenvalue weighted by Crippen LogP contribution is 2.26. The van der Waals surface area contributed by atoms with Crippen LogP contribution in [0.4, 0.5) is 4.39 Å². The molecule has 78 valence electrons. The molecule has 0 aliphatic heterocycles. The van der Waals surface area contributed by atoms with E-state index in [1.807, 2.05) is 12.1 Å². The van der Waals surface area contributed by atoms with Crippen molar-refractivity contribution in [3.63, 3.8) is 0 Å². The highest BCUT2D eigenvalue weighted by Gasteiger charge is 2.05. The van der Waals surface area contributed by atoms with Crippen LogP contribution in [0.15, 0.2) is 42.5 Å². The monoisotopic (exact) mass is 214 g/mol. The van der Waals surface area contributed by atoms with E-state index in [2.05, 4.69) is 4.98 Å². The Morgan fingerprint density at radius 1 is 1.06 bits per heavy atom. The predicted molar refractivity (Wildman–Crippen MR) is 63.9 cm³/mol. The van der Waals surface area contributed by atoms with Crippen LogP contribution in [0.5, 0.6) is 0 Å². The molecule has 1 aromatic heterocycles. The number of hydrogen-bond donors (Lipinski definition) is 0. The Labute approximate surface area is 96.8 Å². The van der Waals surface area contributed by atoms with Crippen LogP contribution in [0.1, 0.15) is 9.81 Å². The minimum atomic E-state index is -2.37. The van der Waals surface area contributed by atoms with Gasteiger partial charge in [-0.25, -0.2) is 4.39 Å².